The first kappa shape index (κ1) is 22.9. The normalized spacial score (nSPS) is 13.7. The molecular weight excluding hydrogens is 460 g/mol. The summed E-state index contributed by atoms with van der Waals surface area (Å²) in [6, 6.07) is 22.7. The van der Waals surface area contributed by atoms with E-state index < -0.39 is 0 Å². The monoisotopic (exact) mass is 486 g/mol. The third-order valence-corrected chi connectivity index (χ3v) is 6.70. The van der Waals surface area contributed by atoms with Crippen molar-refractivity contribution in [1.82, 2.24) is 14.5 Å². The number of aromatic amines is 1. The molecule has 0 atom stereocenters. The largest absolute Gasteiger partial charge is 0.495 e. The number of ether oxygens (including phenoxy) is 1. The van der Waals surface area contributed by atoms with Gasteiger partial charge in [0.2, 0.25) is 5.91 Å². The summed E-state index contributed by atoms with van der Waals surface area (Å²) in [7, 11) is 1.67. The molecule has 1 aliphatic heterocycles. The molecule has 4 aromatic rings. The van der Waals surface area contributed by atoms with Gasteiger partial charge in [0.15, 0.2) is 4.77 Å². The maximum absolute atomic E-state index is 13.0. The third kappa shape index (κ3) is 4.57. The number of carbonyl (C=O) groups excluding carboxylic acids is 1. The van der Waals surface area contributed by atoms with Crippen LogP contribution in [0.5, 0.6) is 5.75 Å². The summed E-state index contributed by atoms with van der Waals surface area (Å²) in [5.41, 5.74) is 3.17. The van der Waals surface area contributed by atoms with Crippen LogP contribution in [0.25, 0.3) is 16.6 Å². The summed E-state index contributed by atoms with van der Waals surface area (Å²) in [5, 5.41) is 0.576. The van der Waals surface area contributed by atoms with Gasteiger partial charge in [-0.3, -0.25) is 14.2 Å². The van der Waals surface area contributed by atoms with Crippen LogP contribution < -0.4 is 15.2 Å². The number of amides is 1. The van der Waals surface area contributed by atoms with Crippen LogP contribution in [0.15, 0.2) is 77.6 Å². The standard InChI is InChI=1S/C27H26N4O3S/c1-34-24-9-5-4-8-23(24)29-14-16-30(17-15-29)25(32)18-19-10-12-20(13-11-19)31-26(33)21-6-2-3-7-22(21)28-27(31)35/h2-13H,14-18H2,1H3,(H,28,35). The number of hydrogen-bond acceptors (Lipinski definition) is 5. The Bertz CT molecular complexity index is 1490. The van der Waals surface area contributed by atoms with E-state index >= 15 is 0 Å². The highest BCUT2D eigenvalue weighted by molar-refractivity contribution is 7.71. The Morgan fingerprint density at radius 2 is 1.63 bits per heavy atom. The van der Waals surface area contributed by atoms with Gasteiger partial charge in [0.1, 0.15) is 5.75 Å². The Morgan fingerprint density at radius 1 is 0.943 bits per heavy atom. The van der Waals surface area contributed by atoms with E-state index in [-0.39, 0.29) is 11.5 Å². The summed E-state index contributed by atoms with van der Waals surface area (Å²) in [6.45, 7) is 2.84. The first-order chi connectivity index (χ1) is 17.0. The van der Waals surface area contributed by atoms with Crippen LogP contribution in [-0.4, -0.2) is 53.6 Å². The van der Waals surface area contributed by atoms with Gasteiger partial charge in [0.25, 0.3) is 5.56 Å². The van der Waals surface area contributed by atoms with Gasteiger partial charge in [-0.1, -0.05) is 36.4 Å². The zero-order chi connectivity index (χ0) is 24.4. The molecule has 0 aliphatic carbocycles. The number of H-pyrrole nitrogens is 1. The number of carbonyl (C=O) groups is 1. The molecule has 1 N–H and O–H groups in total. The minimum absolute atomic E-state index is 0.0950. The van der Waals surface area contributed by atoms with Gasteiger partial charge < -0.3 is 19.5 Å². The molecule has 0 bridgehead atoms. The Morgan fingerprint density at radius 3 is 2.37 bits per heavy atom. The van der Waals surface area contributed by atoms with Crippen molar-refractivity contribution in [3.63, 3.8) is 0 Å². The van der Waals surface area contributed by atoms with E-state index in [0.29, 0.717) is 40.9 Å². The molecule has 1 saturated heterocycles. The predicted octanol–water partition coefficient (Wildman–Crippen LogP) is 3.95. The summed E-state index contributed by atoms with van der Waals surface area (Å²) >= 11 is 5.43. The fourth-order valence-corrected chi connectivity index (χ4v) is 4.83. The van der Waals surface area contributed by atoms with E-state index in [1.807, 2.05) is 71.6 Å². The molecule has 0 radical (unpaired) electrons. The van der Waals surface area contributed by atoms with Crippen molar-refractivity contribution < 1.29 is 9.53 Å². The zero-order valence-corrected chi connectivity index (χ0v) is 20.3. The fraction of sp³-hybridized carbons (Fsp3) is 0.222. The Labute approximate surface area is 208 Å². The molecule has 35 heavy (non-hydrogen) atoms. The molecule has 178 valence electrons. The second-order valence-corrected chi connectivity index (χ2v) is 8.89. The topological polar surface area (TPSA) is 70.6 Å². The summed E-state index contributed by atoms with van der Waals surface area (Å²) < 4.78 is 7.30. The van der Waals surface area contributed by atoms with E-state index in [9.17, 15) is 9.59 Å². The number of anilines is 1. The molecule has 1 aromatic heterocycles. The molecule has 0 unspecified atom stereocenters. The van der Waals surface area contributed by atoms with E-state index in [0.717, 1.165) is 30.1 Å². The zero-order valence-electron chi connectivity index (χ0n) is 19.4. The highest BCUT2D eigenvalue weighted by Crippen LogP contribution is 2.28. The lowest BCUT2D eigenvalue weighted by Gasteiger charge is -2.36. The van der Waals surface area contributed by atoms with Crippen LogP contribution in [0.1, 0.15) is 5.56 Å². The Kier molecular flexibility index (Phi) is 6.37. The smallest absolute Gasteiger partial charge is 0.266 e. The minimum atomic E-state index is -0.166. The maximum Gasteiger partial charge on any atom is 0.266 e. The molecule has 7 nitrogen and oxygen atoms in total. The van der Waals surface area contributed by atoms with Crippen LogP contribution in [0.2, 0.25) is 0 Å². The molecule has 3 aromatic carbocycles. The minimum Gasteiger partial charge on any atom is -0.495 e. The van der Waals surface area contributed by atoms with Gasteiger partial charge in [-0.25, -0.2) is 0 Å². The molecule has 1 fully saturated rings. The second-order valence-electron chi connectivity index (χ2n) is 8.50. The fourth-order valence-electron chi connectivity index (χ4n) is 4.53. The number of nitrogens with zero attached hydrogens (tertiary/aromatic N) is 3. The van der Waals surface area contributed by atoms with Gasteiger partial charge in [-0.2, -0.15) is 0 Å². The number of methoxy groups -OCH3 is 1. The summed E-state index contributed by atoms with van der Waals surface area (Å²) in [4.78, 5) is 33.2. The van der Waals surface area contributed by atoms with Gasteiger partial charge in [-0.05, 0) is 54.2 Å². The van der Waals surface area contributed by atoms with Crippen molar-refractivity contribution in [2.75, 3.05) is 38.2 Å². The number of benzene rings is 3. The van der Waals surface area contributed by atoms with Crippen LogP contribution in [0.4, 0.5) is 5.69 Å². The summed E-state index contributed by atoms with van der Waals surface area (Å²) in [6.07, 6.45) is 0.314. The lowest BCUT2D eigenvalue weighted by atomic mass is 10.1. The molecule has 1 aliphatic rings. The van der Waals surface area contributed by atoms with Crippen molar-refractivity contribution in [3.05, 3.63) is 93.5 Å². The lowest BCUT2D eigenvalue weighted by Crippen LogP contribution is -2.49. The highest BCUT2D eigenvalue weighted by atomic mass is 32.1. The molecule has 2 heterocycles. The first-order valence-corrected chi connectivity index (χ1v) is 11.9. The number of nitrogens with one attached hydrogen (secondary N) is 1. The number of hydrogen-bond donors (Lipinski definition) is 1. The van der Waals surface area contributed by atoms with E-state index in [4.69, 9.17) is 17.0 Å². The maximum atomic E-state index is 13.0. The lowest BCUT2D eigenvalue weighted by molar-refractivity contribution is -0.130. The SMILES string of the molecule is COc1ccccc1N1CCN(C(=O)Cc2ccc(-n3c(=S)[nH]c4ccccc4c3=O)cc2)CC1. The van der Waals surface area contributed by atoms with E-state index in [1.165, 1.54) is 4.57 Å². The van der Waals surface area contributed by atoms with Crippen LogP contribution >= 0.6 is 12.2 Å². The van der Waals surface area contributed by atoms with Gasteiger partial charge in [0, 0.05) is 26.2 Å². The average molecular weight is 487 g/mol. The van der Waals surface area contributed by atoms with Crippen molar-refractivity contribution in [1.29, 1.82) is 0 Å². The molecule has 8 heteroatoms. The molecule has 5 rings (SSSR count). The molecule has 1 amide bonds. The van der Waals surface area contributed by atoms with Gasteiger partial charge in [-0.15, -0.1) is 0 Å². The van der Waals surface area contributed by atoms with Gasteiger partial charge >= 0.3 is 0 Å². The number of aromatic nitrogens is 2. The quantitative estimate of drug-likeness (QED) is 0.433. The van der Waals surface area contributed by atoms with Crippen molar-refractivity contribution >= 4 is 34.7 Å². The van der Waals surface area contributed by atoms with Crippen molar-refractivity contribution in [2.45, 2.75) is 6.42 Å². The highest BCUT2D eigenvalue weighted by Gasteiger charge is 2.23. The number of rotatable bonds is 5. The van der Waals surface area contributed by atoms with Crippen LogP contribution in [-0.2, 0) is 11.2 Å². The Balaban J connectivity index is 1.26. The number of fused-ring (bicyclic) bond motifs is 1. The van der Waals surface area contributed by atoms with Crippen LogP contribution in [0.3, 0.4) is 0 Å². The molecule has 0 saturated carbocycles. The van der Waals surface area contributed by atoms with Crippen molar-refractivity contribution in [3.8, 4) is 11.4 Å². The van der Waals surface area contributed by atoms with Crippen LogP contribution in [0, 0.1) is 4.77 Å². The molecule has 0 spiro atoms. The summed E-state index contributed by atoms with van der Waals surface area (Å²) in [5.74, 6) is 0.940. The number of piperazine rings is 1. The van der Waals surface area contributed by atoms with Gasteiger partial charge in [0.05, 0.1) is 35.8 Å². The molecular formula is C27H26N4O3S. The second kappa shape index (κ2) is 9.76. The average Bonchev–Trinajstić information content (AvgIpc) is 2.89. The predicted molar refractivity (Wildman–Crippen MR) is 140 cm³/mol. The number of para-hydroxylation sites is 3. The third-order valence-electron chi connectivity index (χ3n) is 6.41. The van der Waals surface area contributed by atoms with Crippen molar-refractivity contribution in [2.24, 2.45) is 0 Å². The Hall–Kier alpha value is -3.91. The van der Waals surface area contributed by atoms with E-state index in [2.05, 4.69) is 9.88 Å². The first-order valence-electron chi connectivity index (χ1n) is 11.5. The van der Waals surface area contributed by atoms with E-state index in [1.54, 1.807) is 13.2 Å².